The van der Waals surface area contributed by atoms with Crippen LogP contribution in [-0.4, -0.2) is 47.7 Å². The standard InChI is InChI=1S/C21H29FN6O/c1-4-23-21(26-13-16-7-8-19(25-12-16)29-15(2)3)27-17-9-11-28(14-17)20-18(22)6-5-10-24-20/h5-8,10,12,15,17H,4,9,11,13-14H2,1-3H3,(H2,23,26,27). The Hall–Kier alpha value is -2.90. The van der Waals surface area contributed by atoms with Crippen LogP contribution < -0.4 is 20.3 Å². The fraction of sp³-hybridized carbons (Fsp3) is 0.476. The van der Waals surface area contributed by atoms with Crippen molar-refractivity contribution in [1.29, 1.82) is 0 Å². The zero-order valence-electron chi connectivity index (χ0n) is 17.2. The van der Waals surface area contributed by atoms with Crippen molar-refractivity contribution in [3.05, 3.63) is 48.0 Å². The van der Waals surface area contributed by atoms with Crippen LogP contribution in [0.5, 0.6) is 5.88 Å². The van der Waals surface area contributed by atoms with Gasteiger partial charge < -0.3 is 20.3 Å². The molecule has 3 heterocycles. The van der Waals surface area contributed by atoms with E-state index in [1.807, 2.05) is 37.8 Å². The van der Waals surface area contributed by atoms with Gasteiger partial charge in [0.2, 0.25) is 5.88 Å². The van der Waals surface area contributed by atoms with Crippen LogP contribution in [0.15, 0.2) is 41.7 Å². The van der Waals surface area contributed by atoms with Crippen LogP contribution in [0.2, 0.25) is 0 Å². The van der Waals surface area contributed by atoms with E-state index in [2.05, 4.69) is 25.6 Å². The lowest BCUT2D eigenvalue weighted by molar-refractivity contribution is 0.232. The van der Waals surface area contributed by atoms with Gasteiger partial charge in [0.25, 0.3) is 0 Å². The molecule has 1 aliphatic rings. The third-order valence-electron chi connectivity index (χ3n) is 4.49. The molecule has 2 N–H and O–H groups in total. The van der Waals surface area contributed by atoms with Crippen molar-refractivity contribution in [1.82, 2.24) is 20.6 Å². The van der Waals surface area contributed by atoms with E-state index >= 15 is 0 Å². The lowest BCUT2D eigenvalue weighted by Gasteiger charge is -2.20. The molecule has 0 saturated carbocycles. The third kappa shape index (κ3) is 6.04. The summed E-state index contributed by atoms with van der Waals surface area (Å²) >= 11 is 0. The Morgan fingerprint density at radius 1 is 1.34 bits per heavy atom. The summed E-state index contributed by atoms with van der Waals surface area (Å²) in [4.78, 5) is 15.1. The number of anilines is 1. The largest absolute Gasteiger partial charge is 0.475 e. The Morgan fingerprint density at radius 2 is 2.21 bits per heavy atom. The number of ether oxygens (including phenoxy) is 1. The maximum absolute atomic E-state index is 14.0. The van der Waals surface area contributed by atoms with Crippen molar-refractivity contribution in [3.8, 4) is 5.88 Å². The first-order valence-electron chi connectivity index (χ1n) is 10.1. The molecule has 7 nitrogen and oxygen atoms in total. The topological polar surface area (TPSA) is 74.7 Å². The Kier molecular flexibility index (Phi) is 7.21. The van der Waals surface area contributed by atoms with Crippen molar-refractivity contribution >= 4 is 11.8 Å². The summed E-state index contributed by atoms with van der Waals surface area (Å²) in [6.07, 6.45) is 4.40. The van der Waals surface area contributed by atoms with Gasteiger partial charge in [0.05, 0.1) is 12.6 Å². The molecule has 0 spiro atoms. The van der Waals surface area contributed by atoms with E-state index in [0.717, 1.165) is 31.0 Å². The second-order valence-corrected chi connectivity index (χ2v) is 7.25. The van der Waals surface area contributed by atoms with Crippen molar-refractivity contribution in [2.45, 2.75) is 45.9 Å². The van der Waals surface area contributed by atoms with Gasteiger partial charge >= 0.3 is 0 Å². The highest BCUT2D eigenvalue weighted by atomic mass is 19.1. The van der Waals surface area contributed by atoms with Gasteiger partial charge in [-0.2, -0.15) is 0 Å². The average Bonchev–Trinajstić information content (AvgIpc) is 3.15. The summed E-state index contributed by atoms with van der Waals surface area (Å²) in [5.41, 5.74) is 1.00. The first-order valence-corrected chi connectivity index (χ1v) is 10.1. The predicted molar refractivity (Wildman–Crippen MR) is 113 cm³/mol. The fourth-order valence-electron chi connectivity index (χ4n) is 3.18. The number of rotatable bonds is 7. The molecule has 2 aromatic rings. The molecule has 3 rings (SSSR count). The number of pyridine rings is 2. The zero-order valence-corrected chi connectivity index (χ0v) is 17.2. The number of hydrogen-bond acceptors (Lipinski definition) is 5. The van der Waals surface area contributed by atoms with Crippen LogP contribution in [0.3, 0.4) is 0 Å². The number of hydrogen-bond donors (Lipinski definition) is 2. The fourth-order valence-corrected chi connectivity index (χ4v) is 3.18. The minimum atomic E-state index is -0.286. The molecule has 0 radical (unpaired) electrons. The van der Waals surface area contributed by atoms with E-state index in [9.17, 15) is 4.39 Å². The summed E-state index contributed by atoms with van der Waals surface area (Å²) in [5, 5.41) is 6.71. The van der Waals surface area contributed by atoms with E-state index < -0.39 is 0 Å². The molecule has 2 aromatic heterocycles. The molecule has 1 saturated heterocycles. The predicted octanol–water partition coefficient (Wildman–Crippen LogP) is 2.74. The maximum Gasteiger partial charge on any atom is 0.213 e. The van der Waals surface area contributed by atoms with Crippen molar-refractivity contribution in [2.24, 2.45) is 4.99 Å². The minimum absolute atomic E-state index is 0.0986. The van der Waals surface area contributed by atoms with Crippen molar-refractivity contribution in [2.75, 3.05) is 24.5 Å². The lowest BCUT2D eigenvalue weighted by atomic mass is 10.2. The van der Waals surface area contributed by atoms with Gasteiger partial charge in [-0.05, 0) is 44.9 Å². The molecule has 8 heteroatoms. The molecule has 1 atom stereocenters. The summed E-state index contributed by atoms with van der Waals surface area (Å²) in [5.74, 6) is 1.48. The zero-order chi connectivity index (χ0) is 20.6. The highest BCUT2D eigenvalue weighted by Crippen LogP contribution is 2.20. The molecular formula is C21H29FN6O. The van der Waals surface area contributed by atoms with Gasteiger partial charge in [-0.15, -0.1) is 0 Å². The second-order valence-electron chi connectivity index (χ2n) is 7.25. The number of nitrogens with zero attached hydrogens (tertiary/aromatic N) is 4. The first kappa shape index (κ1) is 20.8. The van der Waals surface area contributed by atoms with Crippen LogP contribution in [0, 0.1) is 5.82 Å². The van der Waals surface area contributed by atoms with Gasteiger partial charge in [-0.3, -0.25) is 0 Å². The van der Waals surface area contributed by atoms with Crippen LogP contribution in [0.25, 0.3) is 0 Å². The molecule has 0 amide bonds. The lowest BCUT2D eigenvalue weighted by Crippen LogP contribution is -2.44. The van der Waals surface area contributed by atoms with E-state index in [0.29, 0.717) is 24.8 Å². The summed E-state index contributed by atoms with van der Waals surface area (Å²) < 4.78 is 19.6. The van der Waals surface area contributed by atoms with Gasteiger partial charge in [0.15, 0.2) is 17.6 Å². The molecular weight excluding hydrogens is 371 g/mol. The number of nitrogens with one attached hydrogen (secondary N) is 2. The SMILES string of the molecule is CCNC(=NCc1ccc(OC(C)C)nc1)NC1CCN(c2ncccc2F)C1. The van der Waals surface area contributed by atoms with Crippen LogP contribution >= 0.6 is 0 Å². The molecule has 0 aromatic carbocycles. The first-order chi connectivity index (χ1) is 14.0. The minimum Gasteiger partial charge on any atom is -0.475 e. The highest BCUT2D eigenvalue weighted by Gasteiger charge is 2.25. The summed E-state index contributed by atoms with van der Waals surface area (Å²) in [6, 6.07) is 7.06. The van der Waals surface area contributed by atoms with Gasteiger partial charge in [0, 0.05) is 44.1 Å². The molecule has 29 heavy (non-hydrogen) atoms. The normalized spacial score (nSPS) is 16.9. The molecule has 0 bridgehead atoms. The van der Waals surface area contributed by atoms with E-state index in [1.165, 1.54) is 6.07 Å². The molecule has 156 valence electrons. The number of halogens is 1. The van der Waals surface area contributed by atoms with E-state index in [1.54, 1.807) is 18.5 Å². The van der Waals surface area contributed by atoms with Crippen molar-refractivity contribution in [3.63, 3.8) is 0 Å². The van der Waals surface area contributed by atoms with Crippen LogP contribution in [0.4, 0.5) is 10.2 Å². The van der Waals surface area contributed by atoms with Gasteiger partial charge in [-0.1, -0.05) is 6.07 Å². The second kappa shape index (κ2) is 10.0. The van der Waals surface area contributed by atoms with E-state index in [-0.39, 0.29) is 18.0 Å². The Bertz CT molecular complexity index is 811. The summed E-state index contributed by atoms with van der Waals surface area (Å²) in [7, 11) is 0. The third-order valence-corrected chi connectivity index (χ3v) is 4.49. The van der Waals surface area contributed by atoms with Crippen molar-refractivity contribution < 1.29 is 9.13 Å². The average molecular weight is 401 g/mol. The van der Waals surface area contributed by atoms with Gasteiger partial charge in [0.1, 0.15) is 0 Å². The van der Waals surface area contributed by atoms with Crippen LogP contribution in [-0.2, 0) is 6.54 Å². The Labute approximate surface area is 171 Å². The maximum atomic E-state index is 14.0. The highest BCUT2D eigenvalue weighted by molar-refractivity contribution is 5.80. The Balaban J connectivity index is 1.58. The van der Waals surface area contributed by atoms with E-state index in [4.69, 9.17) is 4.74 Å². The quantitative estimate of drug-likeness (QED) is 0.550. The smallest absolute Gasteiger partial charge is 0.213 e. The molecule has 1 fully saturated rings. The summed E-state index contributed by atoms with van der Waals surface area (Å²) in [6.45, 7) is 8.68. The number of aliphatic imine (C=N–C) groups is 1. The monoisotopic (exact) mass is 400 g/mol. The number of aromatic nitrogens is 2. The molecule has 0 aliphatic carbocycles. The van der Waals surface area contributed by atoms with Gasteiger partial charge in [-0.25, -0.2) is 19.4 Å². The molecule has 1 aliphatic heterocycles. The number of guanidine groups is 1. The Morgan fingerprint density at radius 3 is 2.90 bits per heavy atom. The van der Waals surface area contributed by atoms with Crippen LogP contribution in [0.1, 0.15) is 32.8 Å². The molecule has 1 unspecified atom stereocenters.